The van der Waals surface area contributed by atoms with Crippen molar-refractivity contribution in [3.63, 3.8) is 0 Å². The largest absolute Gasteiger partial charge is 0.508 e. The zero-order valence-electron chi connectivity index (χ0n) is 19.1. The van der Waals surface area contributed by atoms with Gasteiger partial charge in [0.1, 0.15) is 17.6 Å². The van der Waals surface area contributed by atoms with E-state index in [0.717, 1.165) is 40.2 Å². The van der Waals surface area contributed by atoms with Crippen molar-refractivity contribution in [2.24, 2.45) is 0 Å². The molecular formula is C28H27N3O2. The van der Waals surface area contributed by atoms with Gasteiger partial charge >= 0.3 is 0 Å². The number of Topliss-reactive ketones (excluding diaryl/α,β-unsaturated/α-hetero) is 1. The summed E-state index contributed by atoms with van der Waals surface area (Å²) in [4.78, 5) is 13.6. The molecule has 5 nitrogen and oxygen atoms in total. The smallest absolute Gasteiger partial charge is 0.162 e. The van der Waals surface area contributed by atoms with Crippen LogP contribution >= 0.6 is 0 Å². The van der Waals surface area contributed by atoms with Crippen LogP contribution in [0.4, 0.5) is 5.82 Å². The topological polar surface area (TPSA) is 78.0 Å². The lowest BCUT2D eigenvalue weighted by Crippen LogP contribution is -2.32. The second kappa shape index (κ2) is 7.67. The quantitative estimate of drug-likeness (QED) is 0.533. The summed E-state index contributed by atoms with van der Waals surface area (Å²) in [5.41, 5.74) is 4.88. The lowest BCUT2D eigenvalue weighted by Gasteiger charge is -2.37. The maximum Gasteiger partial charge on any atom is 0.162 e. The molecule has 0 radical (unpaired) electrons. The van der Waals surface area contributed by atoms with Crippen molar-refractivity contribution in [2.45, 2.75) is 51.0 Å². The van der Waals surface area contributed by atoms with Gasteiger partial charge in [0, 0.05) is 40.9 Å². The minimum atomic E-state index is -0.348. The molecule has 2 aromatic carbocycles. The molecule has 0 amide bonds. The fourth-order valence-electron chi connectivity index (χ4n) is 5.19. The summed E-state index contributed by atoms with van der Waals surface area (Å²) in [6.07, 6.45) is 3.06. The summed E-state index contributed by atoms with van der Waals surface area (Å²) < 4.78 is 2.11. The number of rotatable bonds is 2. The van der Waals surface area contributed by atoms with Gasteiger partial charge in [0.25, 0.3) is 0 Å². The van der Waals surface area contributed by atoms with E-state index in [9.17, 15) is 15.2 Å². The number of nitrogens with zero attached hydrogens (tertiary/aromatic N) is 2. The van der Waals surface area contributed by atoms with E-state index < -0.39 is 0 Å². The van der Waals surface area contributed by atoms with Gasteiger partial charge in [-0.1, -0.05) is 42.5 Å². The summed E-state index contributed by atoms with van der Waals surface area (Å²) in [7, 11) is 0. The average Bonchev–Trinajstić information content (AvgIpc) is 3.18. The molecular weight excluding hydrogens is 410 g/mol. The molecule has 0 bridgehead atoms. The molecule has 5 heteroatoms. The molecule has 1 aromatic heterocycles. The van der Waals surface area contributed by atoms with Crippen LogP contribution in [0.15, 0.2) is 72.1 Å². The van der Waals surface area contributed by atoms with Crippen molar-refractivity contribution in [2.75, 3.05) is 5.32 Å². The second-order valence-corrected chi connectivity index (χ2v) is 9.94. The Balaban J connectivity index is 1.72. The first-order valence-corrected chi connectivity index (χ1v) is 11.3. The lowest BCUT2D eigenvalue weighted by atomic mass is 9.72. The molecule has 2 aliphatic rings. The first-order valence-electron chi connectivity index (χ1n) is 11.3. The van der Waals surface area contributed by atoms with E-state index in [1.54, 1.807) is 12.1 Å². The summed E-state index contributed by atoms with van der Waals surface area (Å²) in [6, 6.07) is 19.5. The number of carbonyl (C=O) groups excluding carboxylic acids is 1. The number of anilines is 1. The molecule has 0 saturated heterocycles. The normalized spacial score (nSPS) is 20.0. The Morgan fingerprint density at radius 2 is 1.73 bits per heavy atom. The number of aromatic nitrogens is 1. The van der Waals surface area contributed by atoms with Crippen LogP contribution in [0.2, 0.25) is 0 Å². The van der Waals surface area contributed by atoms with E-state index in [-0.39, 0.29) is 28.9 Å². The van der Waals surface area contributed by atoms with Crippen molar-refractivity contribution in [3.8, 4) is 11.8 Å². The van der Waals surface area contributed by atoms with Crippen molar-refractivity contribution >= 4 is 11.6 Å². The fourth-order valence-corrected chi connectivity index (χ4v) is 5.19. The van der Waals surface area contributed by atoms with Crippen LogP contribution in [0.1, 0.15) is 67.7 Å². The monoisotopic (exact) mass is 437 g/mol. The van der Waals surface area contributed by atoms with Crippen LogP contribution in [-0.4, -0.2) is 15.5 Å². The number of fused-ring (bicyclic) bond motifs is 1. The molecule has 5 rings (SSSR count). The Morgan fingerprint density at radius 3 is 2.36 bits per heavy atom. The van der Waals surface area contributed by atoms with E-state index in [0.29, 0.717) is 12.0 Å². The Kier molecular flexibility index (Phi) is 4.90. The summed E-state index contributed by atoms with van der Waals surface area (Å²) in [5, 5.41) is 23.5. The van der Waals surface area contributed by atoms with Gasteiger partial charge in [-0.3, -0.25) is 4.79 Å². The number of nitriles is 1. The maximum absolute atomic E-state index is 13.6. The number of nitrogens with one attached hydrogen (secondary N) is 1. The van der Waals surface area contributed by atoms with Gasteiger partial charge in [0.2, 0.25) is 0 Å². The highest BCUT2D eigenvalue weighted by Gasteiger charge is 2.42. The van der Waals surface area contributed by atoms with E-state index in [1.807, 2.05) is 36.5 Å². The first-order chi connectivity index (χ1) is 15.8. The van der Waals surface area contributed by atoms with Crippen LogP contribution in [0.25, 0.3) is 0 Å². The SMILES string of the molecule is CC(C)(C)n1cc(C#N)c2c1NC1=C(C(=O)C[C@@H](c3ccccc3)C1)[C@H]2c1ccc(O)cc1. The molecule has 0 unspecified atom stereocenters. The number of hydrogen-bond acceptors (Lipinski definition) is 4. The third kappa shape index (κ3) is 3.52. The number of carbonyl (C=O) groups is 1. The van der Waals surface area contributed by atoms with Crippen molar-refractivity contribution < 1.29 is 9.90 Å². The predicted octanol–water partition coefficient (Wildman–Crippen LogP) is 5.78. The van der Waals surface area contributed by atoms with Gasteiger partial charge in [0.05, 0.1) is 5.56 Å². The van der Waals surface area contributed by atoms with Crippen LogP contribution in [-0.2, 0) is 10.3 Å². The first kappa shape index (κ1) is 21.1. The maximum atomic E-state index is 13.6. The summed E-state index contributed by atoms with van der Waals surface area (Å²) in [5.74, 6) is 0.917. The standard InChI is InChI=1S/C28H27N3O2/c1-28(2,3)31-16-20(15-29)25-24(18-9-11-21(32)12-10-18)26-22(30-27(25)31)13-19(14-23(26)33)17-7-5-4-6-8-17/h4-12,16,19,24,30,32H,13-14H2,1-3H3/t19-,24-/m0/s1. The Hall–Kier alpha value is -3.78. The Labute approximate surface area is 194 Å². The van der Waals surface area contributed by atoms with E-state index in [4.69, 9.17) is 0 Å². The number of allylic oxidation sites excluding steroid dienone is 2. The highest BCUT2D eigenvalue weighted by Crippen LogP contribution is 2.50. The molecule has 33 heavy (non-hydrogen) atoms. The van der Waals surface area contributed by atoms with Crippen LogP contribution < -0.4 is 5.32 Å². The molecule has 2 atom stereocenters. The Morgan fingerprint density at radius 1 is 1.03 bits per heavy atom. The average molecular weight is 438 g/mol. The number of aromatic hydroxyl groups is 1. The minimum Gasteiger partial charge on any atom is -0.508 e. The van der Waals surface area contributed by atoms with E-state index in [1.165, 1.54) is 0 Å². The summed E-state index contributed by atoms with van der Waals surface area (Å²) in [6.45, 7) is 6.32. The van der Waals surface area contributed by atoms with Crippen LogP contribution in [0.3, 0.4) is 0 Å². The lowest BCUT2D eigenvalue weighted by molar-refractivity contribution is -0.116. The number of phenols is 1. The van der Waals surface area contributed by atoms with Gasteiger partial charge in [0.15, 0.2) is 5.78 Å². The molecule has 2 heterocycles. The number of benzene rings is 2. The van der Waals surface area contributed by atoms with E-state index in [2.05, 4.69) is 48.9 Å². The molecule has 0 saturated carbocycles. The predicted molar refractivity (Wildman–Crippen MR) is 128 cm³/mol. The molecule has 0 fully saturated rings. The zero-order chi connectivity index (χ0) is 23.3. The molecule has 166 valence electrons. The van der Waals surface area contributed by atoms with Gasteiger partial charge in [-0.2, -0.15) is 5.26 Å². The van der Waals surface area contributed by atoms with Crippen LogP contribution in [0, 0.1) is 11.3 Å². The molecule has 3 aromatic rings. The molecule has 1 aliphatic heterocycles. The third-order valence-corrected chi connectivity index (χ3v) is 6.74. The van der Waals surface area contributed by atoms with Crippen molar-refractivity contribution in [1.29, 1.82) is 5.26 Å². The van der Waals surface area contributed by atoms with Crippen LogP contribution in [0.5, 0.6) is 5.75 Å². The number of hydrogen-bond donors (Lipinski definition) is 2. The zero-order valence-corrected chi connectivity index (χ0v) is 19.1. The number of ketones is 1. The fraction of sp³-hybridized carbons (Fsp3) is 0.286. The van der Waals surface area contributed by atoms with Gasteiger partial charge in [-0.05, 0) is 56.4 Å². The molecule has 2 N–H and O–H groups in total. The molecule has 1 aliphatic carbocycles. The van der Waals surface area contributed by atoms with Crippen molar-refractivity contribution in [1.82, 2.24) is 4.57 Å². The highest BCUT2D eigenvalue weighted by atomic mass is 16.3. The Bertz CT molecular complexity index is 1300. The third-order valence-electron chi connectivity index (χ3n) is 6.74. The van der Waals surface area contributed by atoms with Crippen molar-refractivity contribution in [3.05, 3.63) is 94.3 Å². The summed E-state index contributed by atoms with van der Waals surface area (Å²) >= 11 is 0. The van der Waals surface area contributed by atoms with E-state index >= 15 is 0 Å². The van der Waals surface area contributed by atoms with Gasteiger partial charge in [-0.15, -0.1) is 0 Å². The van der Waals surface area contributed by atoms with Gasteiger partial charge < -0.3 is 15.0 Å². The van der Waals surface area contributed by atoms with Gasteiger partial charge in [-0.25, -0.2) is 0 Å². The minimum absolute atomic E-state index is 0.105. The molecule has 0 spiro atoms. The number of phenolic OH excluding ortho intramolecular Hbond substituents is 1. The highest BCUT2D eigenvalue weighted by molar-refractivity contribution is 6.02. The second-order valence-electron chi connectivity index (χ2n) is 9.94.